The average molecular weight is 427 g/mol. The van der Waals surface area contributed by atoms with E-state index in [9.17, 15) is 24.4 Å². The molecule has 1 saturated heterocycles. The zero-order chi connectivity index (χ0) is 23.3. The van der Waals surface area contributed by atoms with Crippen LogP contribution in [0.25, 0.3) is 0 Å². The molecular weight excluding hydrogens is 389 g/mol. The normalized spacial score (nSPS) is 19.1. The molecule has 3 atom stereocenters. The summed E-state index contributed by atoms with van der Waals surface area (Å²) in [6.45, 7) is 13.0. The molecular formula is C20H38BN3O6. The molecule has 0 unspecified atom stereocenters. The molecule has 0 saturated carbocycles. The summed E-state index contributed by atoms with van der Waals surface area (Å²) in [5, 5.41) is 24.3. The Balaban J connectivity index is 2.97. The van der Waals surface area contributed by atoms with Crippen molar-refractivity contribution in [3.63, 3.8) is 0 Å². The van der Waals surface area contributed by atoms with Gasteiger partial charge in [0.05, 0.1) is 5.94 Å². The molecule has 4 N–H and O–H groups in total. The lowest BCUT2D eigenvalue weighted by atomic mass is 9.76. The van der Waals surface area contributed by atoms with Gasteiger partial charge in [-0.2, -0.15) is 0 Å². The van der Waals surface area contributed by atoms with Gasteiger partial charge in [-0.25, -0.2) is 4.79 Å². The predicted octanol–water partition coefficient (Wildman–Crippen LogP) is 1.21. The van der Waals surface area contributed by atoms with Crippen molar-refractivity contribution < 1.29 is 29.2 Å². The lowest BCUT2D eigenvalue weighted by molar-refractivity contribution is -0.142. The van der Waals surface area contributed by atoms with Crippen LogP contribution in [-0.2, 0) is 14.3 Å². The first-order valence-electron chi connectivity index (χ1n) is 10.6. The number of ether oxygens (including phenoxy) is 1. The maximum absolute atomic E-state index is 13.3. The summed E-state index contributed by atoms with van der Waals surface area (Å²) in [6.07, 6.45) is 1.51. The molecule has 9 nitrogen and oxygen atoms in total. The fraction of sp³-hybridized carbons (Fsp3) is 0.850. The minimum atomic E-state index is -1.67. The average Bonchev–Trinajstić information content (AvgIpc) is 3.05. The third kappa shape index (κ3) is 7.79. The van der Waals surface area contributed by atoms with Crippen molar-refractivity contribution in [1.82, 2.24) is 15.5 Å². The summed E-state index contributed by atoms with van der Waals surface area (Å²) in [7, 11) is -1.67. The van der Waals surface area contributed by atoms with E-state index >= 15 is 0 Å². The van der Waals surface area contributed by atoms with Gasteiger partial charge in [0, 0.05) is 6.54 Å². The van der Waals surface area contributed by atoms with E-state index in [1.165, 1.54) is 4.90 Å². The van der Waals surface area contributed by atoms with E-state index in [4.69, 9.17) is 4.74 Å². The Bertz CT molecular complexity index is 615. The van der Waals surface area contributed by atoms with Crippen LogP contribution in [0.3, 0.4) is 0 Å². The highest BCUT2D eigenvalue weighted by Gasteiger charge is 2.43. The minimum absolute atomic E-state index is 0.359. The Kier molecular flexibility index (Phi) is 9.16. The fourth-order valence-corrected chi connectivity index (χ4v) is 3.43. The van der Waals surface area contributed by atoms with Crippen molar-refractivity contribution in [1.29, 1.82) is 0 Å². The number of likely N-dealkylation sites (tertiary alicyclic amines) is 1. The molecule has 0 spiro atoms. The minimum Gasteiger partial charge on any atom is -0.444 e. The Morgan fingerprint density at radius 2 is 1.73 bits per heavy atom. The molecule has 30 heavy (non-hydrogen) atoms. The molecule has 0 aliphatic carbocycles. The molecule has 1 fully saturated rings. The zero-order valence-electron chi connectivity index (χ0n) is 19.3. The predicted molar refractivity (Wildman–Crippen MR) is 114 cm³/mol. The summed E-state index contributed by atoms with van der Waals surface area (Å²) >= 11 is 0. The van der Waals surface area contributed by atoms with Gasteiger partial charge in [-0.1, -0.05) is 34.1 Å². The Morgan fingerprint density at radius 3 is 2.20 bits per heavy atom. The van der Waals surface area contributed by atoms with Gasteiger partial charge in [0.2, 0.25) is 11.8 Å². The largest absolute Gasteiger partial charge is 0.475 e. The molecule has 0 aromatic rings. The van der Waals surface area contributed by atoms with Gasteiger partial charge in [-0.3, -0.25) is 9.59 Å². The molecule has 0 aromatic carbocycles. The van der Waals surface area contributed by atoms with Crippen LogP contribution in [0, 0.1) is 5.41 Å². The van der Waals surface area contributed by atoms with Crippen LogP contribution in [0.5, 0.6) is 0 Å². The molecule has 1 aliphatic rings. The molecule has 3 amide bonds. The summed E-state index contributed by atoms with van der Waals surface area (Å²) in [5.74, 6) is -1.57. The van der Waals surface area contributed by atoms with E-state index in [1.807, 2.05) is 27.7 Å². The third-order valence-corrected chi connectivity index (χ3v) is 4.90. The second-order valence-electron chi connectivity index (χ2n) is 9.95. The van der Waals surface area contributed by atoms with Gasteiger partial charge >= 0.3 is 13.2 Å². The summed E-state index contributed by atoms with van der Waals surface area (Å²) in [6, 6.07) is -1.60. The van der Waals surface area contributed by atoms with Crippen LogP contribution >= 0.6 is 0 Å². The quantitative estimate of drug-likeness (QED) is 0.453. The van der Waals surface area contributed by atoms with Crippen LogP contribution in [0.15, 0.2) is 0 Å². The fourth-order valence-electron chi connectivity index (χ4n) is 3.43. The molecule has 1 heterocycles. The van der Waals surface area contributed by atoms with Gasteiger partial charge in [0.25, 0.3) is 0 Å². The van der Waals surface area contributed by atoms with Gasteiger partial charge in [-0.15, -0.1) is 0 Å². The number of carbonyl (C=O) groups excluding carboxylic acids is 3. The van der Waals surface area contributed by atoms with Crippen LogP contribution in [0.4, 0.5) is 4.79 Å². The number of nitrogens with zero attached hydrogens (tertiary/aromatic N) is 1. The molecule has 10 heteroatoms. The van der Waals surface area contributed by atoms with Crippen molar-refractivity contribution in [3.8, 4) is 0 Å². The lowest BCUT2D eigenvalue weighted by Crippen LogP contribution is -2.59. The first kappa shape index (κ1) is 26.2. The highest BCUT2D eigenvalue weighted by atomic mass is 16.6. The third-order valence-electron chi connectivity index (χ3n) is 4.90. The van der Waals surface area contributed by atoms with Crippen LogP contribution in [0.1, 0.15) is 74.1 Å². The van der Waals surface area contributed by atoms with Crippen LogP contribution in [0.2, 0.25) is 0 Å². The summed E-state index contributed by atoms with van der Waals surface area (Å²) in [5.41, 5.74) is -1.31. The molecule has 0 radical (unpaired) electrons. The smallest absolute Gasteiger partial charge is 0.444 e. The van der Waals surface area contributed by atoms with Crippen molar-refractivity contribution >= 4 is 25.0 Å². The first-order valence-corrected chi connectivity index (χ1v) is 10.6. The maximum Gasteiger partial charge on any atom is 0.475 e. The van der Waals surface area contributed by atoms with Crippen molar-refractivity contribution in [2.24, 2.45) is 5.41 Å². The molecule has 172 valence electrons. The molecule has 0 aromatic heterocycles. The number of amides is 3. The standard InChI is InChI=1S/C20H38BN3O6/c1-8-10-14(21(28)29)22-16(25)13-11-9-12-24(13)17(26)15(19(2,3)4)23-18(27)30-20(5,6)7/h13-15,28-29H,8-12H2,1-7H3,(H,22,25)(H,23,27)/t13-,14-,15+/m0/s1. The van der Waals surface area contributed by atoms with Crippen molar-refractivity contribution in [3.05, 3.63) is 0 Å². The van der Waals surface area contributed by atoms with Gasteiger partial charge in [-0.05, 0) is 45.4 Å². The monoisotopic (exact) mass is 427 g/mol. The number of rotatable bonds is 7. The second-order valence-corrected chi connectivity index (χ2v) is 9.95. The van der Waals surface area contributed by atoms with Crippen molar-refractivity contribution in [2.45, 2.75) is 97.8 Å². The van der Waals surface area contributed by atoms with Crippen molar-refractivity contribution in [2.75, 3.05) is 6.54 Å². The summed E-state index contributed by atoms with van der Waals surface area (Å²) < 4.78 is 5.30. The number of alkyl carbamates (subject to hydrolysis) is 1. The Morgan fingerprint density at radius 1 is 1.13 bits per heavy atom. The van der Waals surface area contributed by atoms with E-state index in [2.05, 4.69) is 10.6 Å². The topological polar surface area (TPSA) is 128 Å². The number of hydrogen-bond acceptors (Lipinski definition) is 6. The van der Waals surface area contributed by atoms with E-state index in [-0.39, 0.29) is 5.91 Å². The highest BCUT2D eigenvalue weighted by molar-refractivity contribution is 6.43. The van der Waals surface area contributed by atoms with E-state index in [0.717, 1.165) is 0 Å². The maximum atomic E-state index is 13.3. The zero-order valence-corrected chi connectivity index (χ0v) is 19.3. The van der Waals surface area contributed by atoms with E-state index in [0.29, 0.717) is 32.2 Å². The number of carbonyl (C=O) groups is 3. The number of nitrogens with one attached hydrogen (secondary N) is 2. The lowest BCUT2D eigenvalue weighted by Gasteiger charge is -2.36. The molecule has 1 aliphatic heterocycles. The Hall–Kier alpha value is -1.81. The second kappa shape index (κ2) is 10.5. The molecule has 0 bridgehead atoms. The summed E-state index contributed by atoms with van der Waals surface area (Å²) in [4.78, 5) is 39.9. The Labute approximate surface area is 180 Å². The number of hydrogen-bond donors (Lipinski definition) is 4. The highest BCUT2D eigenvalue weighted by Crippen LogP contribution is 2.26. The first-order chi connectivity index (χ1) is 13.7. The van der Waals surface area contributed by atoms with Gasteiger partial charge in [0.1, 0.15) is 17.7 Å². The van der Waals surface area contributed by atoms with Crippen LogP contribution in [-0.4, -0.2) is 70.1 Å². The van der Waals surface area contributed by atoms with Gasteiger partial charge in [0.15, 0.2) is 0 Å². The van der Waals surface area contributed by atoms with Gasteiger partial charge < -0.3 is 30.3 Å². The molecule has 1 rings (SSSR count). The van der Waals surface area contributed by atoms with Crippen LogP contribution < -0.4 is 10.6 Å². The SMILES string of the molecule is CCC[C@H](NC(=O)[C@@H]1CCCN1C(=O)[C@@H](NC(=O)OC(C)(C)C)C(C)(C)C)B(O)O. The van der Waals surface area contributed by atoms with E-state index < -0.39 is 48.2 Å². The van der Waals surface area contributed by atoms with E-state index in [1.54, 1.807) is 20.8 Å².